The molecule has 0 fully saturated rings. The van der Waals surface area contributed by atoms with E-state index >= 15 is 0 Å². The Bertz CT molecular complexity index is 1240. The van der Waals surface area contributed by atoms with Crippen LogP contribution in [0.4, 0.5) is 5.69 Å². The van der Waals surface area contributed by atoms with E-state index in [0.29, 0.717) is 21.8 Å². The van der Waals surface area contributed by atoms with Crippen LogP contribution < -0.4 is 10.9 Å². The molecule has 4 aromatic rings. The number of thioether (sulfide) groups is 1. The summed E-state index contributed by atoms with van der Waals surface area (Å²) in [7, 11) is 0. The van der Waals surface area contributed by atoms with Gasteiger partial charge in [0.05, 0.1) is 16.9 Å². The molecule has 152 valence electrons. The molecule has 7 heteroatoms. The first-order chi connectivity index (χ1) is 14.5. The van der Waals surface area contributed by atoms with Crippen LogP contribution in [-0.4, -0.2) is 21.6 Å². The Morgan fingerprint density at radius 2 is 1.83 bits per heavy atom. The van der Waals surface area contributed by atoms with Gasteiger partial charge >= 0.3 is 0 Å². The summed E-state index contributed by atoms with van der Waals surface area (Å²) < 4.78 is 0. The van der Waals surface area contributed by atoms with Gasteiger partial charge in [0.25, 0.3) is 5.56 Å². The molecular weight excluding hydrogens is 414 g/mol. The maximum atomic E-state index is 12.7. The van der Waals surface area contributed by atoms with Crippen LogP contribution in [0, 0.1) is 13.8 Å². The molecule has 0 radical (unpaired) electrons. The number of aromatic nitrogens is 2. The molecule has 0 saturated carbocycles. The molecular formula is C23H21N3O2S2. The highest BCUT2D eigenvalue weighted by molar-refractivity contribution is 7.99. The van der Waals surface area contributed by atoms with Gasteiger partial charge in [-0.15, -0.1) is 23.1 Å². The maximum absolute atomic E-state index is 12.7. The van der Waals surface area contributed by atoms with E-state index < -0.39 is 0 Å². The van der Waals surface area contributed by atoms with Crippen LogP contribution in [0.15, 0.2) is 58.7 Å². The van der Waals surface area contributed by atoms with Gasteiger partial charge in [0.2, 0.25) is 5.91 Å². The number of amides is 1. The summed E-state index contributed by atoms with van der Waals surface area (Å²) in [5.74, 6) is 1.27. The third-order valence-corrected chi connectivity index (χ3v) is 6.61. The fourth-order valence-electron chi connectivity index (χ4n) is 3.32. The fraction of sp³-hybridized carbons (Fsp3) is 0.174. The molecule has 0 aliphatic rings. The molecule has 2 aromatic heterocycles. The minimum Gasteiger partial charge on any atom is -0.325 e. The maximum Gasteiger partial charge on any atom is 0.260 e. The van der Waals surface area contributed by atoms with Crippen LogP contribution in [0.1, 0.15) is 17.0 Å². The number of H-pyrrole nitrogens is 1. The lowest BCUT2D eigenvalue weighted by atomic mass is 10.1. The summed E-state index contributed by atoms with van der Waals surface area (Å²) in [4.78, 5) is 33.2. The highest BCUT2D eigenvalue weighted by Crippen LogP contribution is 2.30. The molecule has 5 nitrogen and oxygen atoms in total. The molecule has 1 amide bonds. The number of aromatic amines is 1. The van der Waals surface area contributed by atoms with E-state index in [2.05, 4.69) is 15.3 Å². The van der Waals surface area contributed by atoms with E-state index in [0.717, 1.165) is 27.9 Å². The zero-order valence-corrected chi connectivity index (χ0v) is 18.3. The van der Waals surface area contributed by atoms with E-state index in [-0.39, 0.29) is 17.2 Å². The molecule has 0 bridgehead atoms. The van der Waals surface area contributed by atoms with Crippen molar-refractivity contribution in [2.24, 2.45) is 0 Å². The van der Waals surface area contributed by atoms with Crippen molar-refractivity contribution in [2.45, 2.75) is 19.6 Å². The monoisotopic (exact) mass is 435 g/mol. The number of nitrogens with one attached hydrogen (secondary N) is 2. The quantitative estimate of drug-likeness (QED) is 0.440. The zero-order chi connectivity index (χ0) is 21.1. The van der Waals surface area contributed by atoms with Crippen molar-refractivity contribution < 1.29 is 4.79 Å². The van der Waals surface area contributed by atoms with Crippen molar-refractivity contribution in [3.8, 4) is 11.1 Å². The number of carbonyl (C=O) groups excluding carboxylic acids is 1. The summed E-state index contributed by atoms with van der Waals surface area (Å²) in [6.07, 6.45) is 0. The van der Waals surface area contributed by atoms with Crippen molar-refractivity contribution in [3.63, 3.8) is 0 Å². The molecule has 0 saturated heterocycles. The van der Waals surface area contributed by atoms with Gasteiger partial charge in [0.15, 0.2) is 0 Å². The first kappa shape index (κ1) is 20.4. The third-order valence-electron chi connectivity index (χ3n) is 4.80. The number of fused-ring (bicyclic) bond motifs is 1. The number of anilines is 1. The van der Waals surface area contributed by atoms with Crippen LogP contribution >= 0.6 is 23.1 Å². The lowest BCUT2D eigenvalue weighted by molar-refractivity contribution is -0.113. The molecule has 2 N–H and O–H groups in total. The van der Waals surface area contributed by atoms with E-state index in [1.54, 1.807) is 0 Å². The third kappa shape index (κ3) is 4.32. The Kier molecular flexibility index (Phi) is 6.01. The molecule has 30 heavy (non-hydrogen) atoms. The van der Waals surface area contributed by atoms with E-state index in [4.69, 9.17) is 0 Å². The molecule has 0 aliphatic heterocycles. The van der Waals surface area contributed by atoms with Crippen molar-refractivity contribution >= 4 is 44.9 Å². The van der Waals surface area contributed by atoms with E-state index in [9.17, 15) is 9.59 Å². The van der Waals surface area contributed by atoms with Gasteiger partial charge in [-0.25, -0.2) is 4.98 Å². The number of carbonyl (C=O) groups is 1. The second-order valence-corrected chi connectivity index (χ2v) is 8.86. The van der Waals surface area contributed by atoms with E-state index in [1.165, 1.54) is 23.1 Å². The molecule has 2 aromatic carbocycles. The number of thiophene rings is 1. The topological polar surface area (TPSA) is 74.8 Å². The average Bonchev–Trinajstić information content (AvgIpc) is 3.16. The second kappa shape index (κ2) is 8.85. The lowest BCUT2D eigenvalue weighted by Crippen LogP contribution is -2.16. The van der Waals surface area contributed by atoms with Crippen LogP contribution in [0.3, 0.4) is 0 Å². The Morgan fingerprint density at radius 1 is 1.10 bits per heavy atom. The standard InChI is InChI=1S/C23H21N3O2S2/c1-14-7-6-8-15(2)21(14)26-19(27)13-29-12-18-24-22(28)20-17(11-30-23(20)25-18)16-9-4-3-5-10-16/h3-11H,12-13H2,1-2H3,(H,26,27)(H,24,25,28). The number of nitrogens with zero attached hydrogens (tertiary/aromatic N) is 1. The Hall–Kier alpha value is -2.90. The number of hydrogen-bond donors (Lipinski definition) is 2. The van der Waals surface area contributed by atoms with Gasteiger partial charge < -0.3 is 10.3 Å². The Balaban J connectivity index is 1.44. The average molecular weight is 436 g/mol. The highest BCUT2D eigenvalue weighted by Gasteiger charge is 2.13. The van der Waals surface area contributed by atoms with Gasteiger partial charge in [0, 0.05) is 16.6 Å². The SMILES string of the molecule is Cc1cccc(C)c1NC(=O)CSCc1nc2scc(-c3ccccc3)c2c(=O)[nH]1. The van der Waals surface area contributed by atoms with Gasteiger partial charge in [0.1, 0.15) is 10.7 Å². The second-order valence-electron chi connectivity index (χ2n) is 7.02. The lowest BCUT2D eigenvalue weighted by Gasteiger charge is -2.11. The number of benzene rings is 2. The zero-order valence-electron chi connectivity index (χ0n) is 16.7. The first-order valence-corrected chi connectivity index (χ1v) is 11.6. The van der Waals surface area contributed by atoms with Gasteiger partial charge in [-0.2, -0.15) is 0 Å². The van der Waals surface area contributed by atoms with Crippen molar-refractivity contribution in [1.82, 2.24) is 9.97 Å². The number of rotatable bonds is 6. The molecule has 4 rings (SSSR count). The van der Waals surface area contributed by atoms with Crippen LogP contribution in [0.25, 0.3) is 21.3 Å². The highest BCUT2D eigenvalue weighted by atomic mass is 32.2. The van der Waals surface area contributed by atoms with Crippen LogP contribution in [0.2, 0.25) is 0 Å². The van der Waals surface area contributed by atoms with E-state index in [1.807, 2.05) is 67.8 Å². The van der Waals surface area contributed by atoms with Gasteiger partial charge in [-0.3, -0.25) is 9.59 Å². The molecule has 0 spiro atoms. The van der Waals surface area contributed by atoms with Crippen LogP contribution in [0.5, 0.6) is 0 Å². The Labute approximate surface area is 182 Å². The first-order valence-electron chi connectivity index (χ1n) is 9.52. The van der Waals surface area contributed by atoms with Crippen molar-refractivity contribution in [1.29, 1.82) is 0 Å². The number of aryl methyl sites for hydroxylation is 2. The summed E-state index contributed by atoms with van der Waals surface area (Å²) in [5, 5.41) is 5.56. The number of para-hydroxylation sites is 1. The smallest absolute Gasteiger partial charge is 0.260 e. The predicted octanol–water partition coefficient (Wildman–Crippen LogP) is 5.14. The summed E-state index contributed by atoms with van der Waals surface area (Å²) >= 11 is 2.89. The fourth-order valence-corrected chi connectivity index (χ4v) is 4.98. The Morgan fingerprint density at radius 3 is 2.57 bits per heavy atom. The summed E-state index contributed by atoms with van der Waals surface area (Å²) in [5.41, 5.74) is 4.70. The predicted molar refractivity (Wildman–Crippen MR) is 126 cm³/mol. The number of hydrogen-bond acceptors (Lipinski definition) is 5. The minimum atomic E-state index is -0.143. The largest absolute Gasteiger partial charge is 0.325 e. The van der Waals surface area contributed by atoms with Crippen molar-refractivity contribution in [3.05, 3.63) is 81.2 Å². The van der Waals surface area contributed by atoms with Crippen LogP contribution in [-0.2, 0) is 10.5 Å². The molecule has 2 heterocycles. The molecule has 0 aliphatic carbocycles. The normalized spacial score (nSPS) is 11.0. The molecule has 0 unspecified atom stereocenters. The summed E-state index contributed by atoms with van der Waals surface area (Å²) in [6, 6.07) is 15.8. The minimum absolute atomic E-state index is 0.0664. The molecule has 0 atom stereocenters. The summed E-state index contributed by atoms with van der Waals surface area (Å²) in [6.45, 7) is 3.95. The van der Waals surface area contributed by atoms with Crippen molar-refractivity contribution in [2.75, 3.05) is 11.1 Å². The van der Waals surface area contributed by atoms with Gasteiger partial charge in [-0.1, -0.05) is 48.5 Å². The van der Waals surface area contributed by atoms with Gasteiger partial charge in [-0.05, 0) is 30.5 Å².